The van der Waals surface area contributed by atoms with E-state index in [4.69, 9.17) is 4.74 Å². The molecule has 0 saturated carbocycles. The maximum absolute atomic E-state index is 5.76. The molecule has 1 fully saturated rings. The molecule has 0 bridgehead atoms. The van der Waals surface area contributed by atoms with E-state index in [9.17, 15) is 0 Å². The van der Waals surface area contributed by atoms with Gasteiger partial charge in [-0.1, -0.05) is 25.5 Å². The molecule has 0 aromatic heterocycles. The first-order chi connectivity index (χ1) is 10.7. The van der Waals surface area contributed by atoms with Crippen LogP contribution < -0.4 is 10.1 Å². The molecular weight excluding hydrogens is 272 g/mol. The van der Waals surface area contributed by atoms with Gasteiger partial charge in [0.25, 0.3) is 0 Å². The zero-order valence-electron chi connectivity index (χ0n) is 14.5. The summed E-state index contributed by atoms with van der Waals surface area (Å²) in [6.45, 7) is 11.1. The molecule has 0 radical (unpaired) electrons. The van der Waals surface area contributed by atoms with Crippen LogP contribution in [0.4, 0.5) is 0 Å². The van der Waals surface area contributed by atoms with Crippen LogP contribution in [-0.2, 0) is 6.54 Å². The second-order valence-corrected chi connectivity index (χ2v) is 6.66. The number of piperidine rings is 1. The van der Waals surface area contributed by atoms with Gasteiger partial charge in [0.1, 0.15) is 5.75 Å². The van der Waals surface area contributed by atoms with E-state index in [1.807, 2.05) is 6.07 Å². The normalized spacial score (nSPS) is 17.1. The van der Waals surface area contributed by atoms with E-state index in [2.05, 4.69) is 49.2 Å². The lowest BCUT2D eigenvalue weighted by molar-refractivity contribution is 0.195. The average Bonchev–Trinajstić information content (AvgIpc) is 2.52. The van der Waals surface area contributed by atoms with Gasteiger partial charge in [-0.25, -0.2) is 0 Å². The highest BCUT2D eigenvalue weighted by atomic mass is 16.5. The van der Waals surface area contributed by atoms with Crippen molar-refractivity contribution in [3.63, 3.8) is 0 Å². The fraction of sp³-hybridized carbons (Fsp3) is 0.684. The summed E-state index contributed by atoms with van der Waals surface area (Å²) in [5, 5.41) is 3.71. The first-order valence-corrected chi connectivity index (χ1v) is 8.88. The second-order valence-electron chi connectivity index (χ2n) is 6.66. The Morgan fingerprint density at radius 2 is 2.05 bits per heavy atom. The Labute approximate surface area is 136 Å². The minimum Gasteiger partial charge on any atom is -0.491 e. The largest absolute Gasteiger partial charge is 0.491 e. The van der Waals surface area contributed by atoms with E-state index < -0.39 is 0 Å². The van der Waals surface area contributed by atoms with Crippen LogP contribution in [0, 0.1) is 0 Å². The molecule has 0 spiro atoms. The lowest BCUT2D eigenvalue weighted by atomic mass is 10.0. The van der Waals surface area contributed by atoms with E-state index in [1.165, 1.54) is 50.9 Å². The van der Waals surface area contributed by atoms with Gasteiger partial charge < -0.3 is 15.0 Å². The third-order valence-electron chi connectivity index (χ3n) is 4.28. The van der Waals surface area contributed by atoms with Crippen molar-refractivity contribution in [2.45, 2.75) is 65.1 Å². The topological polar surface area (TPSA) is 24.5 Å². The predicted molar refractivity (Wildman–Crippen MR) is 93.4 cm³/mol. The van der Waals surface area contributed by atoms with Crippen molar-refractivity contribution in [3.05, 3.63) is 29.8 Å². The van der Waals surface area contributed by atoms with Crippen LogP contribution in [0.25, 0.3) is 0 Å². The molecule has 0 amide bonds. The van der Waals surface area contributed by atoms with Crippen molar-refractivity contribution >= 4 is 0 Å². The van der Waals surface area contributed by atoms with Gasteiger partial charge in [-0.05, 0) is 70.4 Å². The number of hydrogen-bond acceptors (Lipinski definition) is 3. The van der Waals surface area contributed by atoms with Crippen LogP contribution in [0.3, 0.4) is 0 Å². The molecule has 124 valence electrons. The molecule has 3 heteroatoms. The zero-order chi connectivity index (χ0) is 15.8. The van der Waals surface area contributed by atoms with Crippen LogP contribution >= 0.6 is 0 Å². The third-order valence-corrected chi connectivity index (χ3v) is 4.28. The van der Waals surface area contributed by atoms with E-state index in [-0.39, 0.29) is 6.10 Å². The number of hydrogen-bond donors (Lipinski definition) is 1. The first-order valence-electron chi connectivity index (χ1n) is 8.88. The highest BCUT2D eigenvalue weighted by Gasteiger charge is 2.18. The molecule has 1 N–H and O–H groups in total. The molecule has 0 aliphatic carbocycles. The smallest absolute Gasteiger partial charge is 0.120 e. The molecule has 0 unspecified atom stereocenters. The lowest BCUT2D eigenvalue weighted by Crippen LogP contribution is -2.42. The maximum atomic E-state index is 5.76. The number of unbranched alkanes of at least 4 members (excludes halogenated alkanes) is 1. The highest BCUT2D eigenvalue weighted by Crippen LogP contribution is 2.16. The molecule has 1 heterocycles. The lowest BCUT2D eigenvalue weighted by Gasteiger charge is -2.32. The third kappa shape index (κ3) is 5.98. The maximum Gasteiger partial charge on any atom is 0.120 e. The Morgan fingerprint density at radius 3 is 2.73 bits per heavy atom. The van der Waals surface area contributed by atoms with E-state index in [0.717, 1.165) is 12.3 Å². The molecular formula is C19H32N2O. The molecule has 1 aromatic rings. The number of nitrogens with one attached hydrogen (secondary N) is 1. The quantitative estimate of drug-likeness (QED) is 0.790. The van der Waals surface area contributed by atoms with Crippen LogP contribution in [0.15, 0.2) is 24.3 Å². The van der Waals surface area contributed by atoms with Crippen LogP contribution in [0.1, 0.15) is 52.0 Å². The Bertz CT molecular complexity index is 425. The summed E-state index contributed by atoms with van der Waals surface area (Å²) in [5.41, 5.74) is 1.31. The molecule has 22 heavy (non-hydrogen) atoms. The molecule has 1 saturated heterocycles. The standard InChI is InChI=1S/C19H32N2O/c1-4-5-11-21-12-9-18(10-13-21)20-15-17-7-6-8-19(14-17)22-16(2)3/h6-8,14,16,18,20H,4-5,9-13,15H2,1-3H3. The van der Waals surface area contributed by atoms with Gasteiger partial charge >= 0.3 is 0 Å². The number of rotatable bonds is 8. The van der Waals surface area contributed by atoms with Gasteiger partial charge in [0.15, 0.2) is 0 Å². The fourth-order valence-corrected chi connectivity index (χ4v) is 3.01. The minimum atomic E-state index is 0.232. The van der Waals surface area contributed by atoms with Gasteiger partial charge in [0.05, 0.1) is 6.10 Å². The Kier molecular flexibility index (Phi) is 7.20. The van der Waals surface area contributed by atoms with Crippen molar-refractivity contribution in [1.82, 2.24) is 10.2 Å². The highest BCUT2D eigenvalue weighted by molar-refractivity contribution is 5.28. The van der Waals surface area contributed by atoms with Gasteiger partial charge in [-0.15, -0.1) is 0 Å². The number of nitrogens with zero attached hydrogens (tertiary/aromatic N) is 1. The molecule has 2 rings (SSSR count). The fourth-order valence-electron chi connectivity index (χ4n) is 3.01. The van der Waals surface area contributed by atoms with Crippen LogP contribution in [-0.4, -0.2) is 36.7 Å². The summed E-state index contributed by atoms with van der Waals surface area (Å²) in [6, 6.07) is 9.12. The Balaban J connectivity index is 1.72. The van der Waals surface area contributed by atoms with Crippen LogP contribution in [0.2, 0.25) is 0 Å². The minimum absolute atomic E-state index is 0.232. The summed E-state index contributed by atoms with van der Waals surface area (Å²) in [7, 11) is 0. The van der Waals surface area contributed by atoms with Gasteiger partial charge in [0, 0.05) is 12.6 Å². The summed E-state index contributed by atoms with van der Waals surface area (Å²) < 4.78 is 5.76. The van der Waals surface area contributed by atoms with Crippen LogP contribution in [0.5, 0.6) is 5.75 Å². The Morgan fingerprint density at radius 1 is 1.27 bits per heavy atom. The van der Waals surface area contributed by atoms with Gasteiger partial charge in [-0.2, -0.15) is 0 Å². The number of ether oxygens (including phenoxy) is 1. The monoisotopic (exact) mass is 304 g/mol. The van der Waals surface area contributed by atoms with Crippen molar-refractivity contribution in [2.75, 3.05) is 19.6 Å². The van der Waals surface area contributed by atoms with Gasteiger partial charge in [-0.3, -0.25) is 0 Å². The predicted octanol–water partition coefficient (Wildman–Crippen LogP) is 3.83. The summed E-state index contributed by atoms with van der Waals surface area (Å²) >= 11 is 0. The molecule has 1 aliphatic heterocycles. The van der Waals surface area contributed by atoms with Crippen molar-refractivity contribution < 1.29 is 4.74 Å². The molecule has 0 atom stereocenters. The van der Waals surface area contributed by atoms with E-state index in [1.54, 1.807) is 0 Å². The van der Waals surface area contributed by atoms with Crippen molar-refractivity contribution in [3.8, 4) is 5.75 Å². The average molecular weight is 304 g/mol. The summed E-state index contributed by atoms with van der Waals surface area (Å²) in [6.07, 6.45) is 5.40. The van der Waals surface area contributed by atoms with Gasteiger partial charge in [0.2, 0.25) is 0 Å². The number of likely N-dealkylation sites (tertiary alicyclic amines) is 1. The SMILES string of the molecule is CCCCN1CCC(NCc2cccc(OC(C)C)c2)CC1. The second kappa shape index (κ2) is 9.16. The van der Waals surface area contributed by atoms with Crippen molar-refractivity contribution in [2.24, 2.45) is 0 Å². The zero-order valence-corrected chi connectivity index (χ0v) is 14.5. The molecule has 1 aromatic carbocycles. The number of benzene rings is 1. The van der Waals surface area contributed by atoms with Crippen molar-refractivity contribution in [1.29, 1.82) is 0 Å². The van der Waals surface area contributed by atoms with E-state index in [0.29, 0.717) is 6.04 Å². The van der Waals surface area contributed by atoms with E-state index >= 15 is 0 Å². The summed E-state index contributed by atoms with van der Waals surface area (Å²) in [4.78, 5) is 2.61. The Hall–Kier alpha value is -1.06. The first kappa shape index (κ1) is 17.3. The summed E-state index contributed by atoms with van der Waals surface area (Å²) in [5.74, 6) is 0.976. The molecule has 3 nitrogen and oxygen atoms in total. The molecule has 1 aliphatic rings.